The number of fused-ring (bicyclic) bond motifs is 1. The van der Waals surface area contributed by atoms with Gasteiger partial charge in [-0.3, -0.25) is 4.90 Å². The Morgan fingerprint density at radius 2 is 1.53 bits per heavy atom. The molecule has 0 saturated carbocycles. The van der Waals surface area contributed by atoms with E-state index in [4.69, 9.17) is 19.4 Å². The highest BCUT2D eigenvalue weighted by atomic mass is 16.6. The Kier molecular flexibility index (Phi) is 10.1. The molecule has 0 radical (unpaired) electrons. The normalized spacial score (nSPS) is 21.2. The summed E-state index contributed by atoms with van der Waals surface area (Å²) < 4.78 is 11.4. The first-order chi connectivity index (χ1) is 24.2. The summed E-state index contributed by atoms with van der Waals surface area (Å²) in [7, 11) is 0. The number of pyridine rings is 1. The molecule has 2 aromatic heterocycles. The van der Waals surface area contributed by atoms with Crippen molar-refractivity contribution in [3.05, 3.63) is 66.7 Å². The van der Waals surface area contributed by atoms with E-state index in [1.54, 1.807) is 0 Å². The number of piperidine rings is 1. The summed E-state index contributed by atoms with van der Waals surface area (Å²) >= 11 is 0. The Labute approximate surface area is 302 Å². The maximum atomic E-state index is 13.2. The fourth-order valence-electron chi connectivity index (χ4n) is 7.52. The molecule has 4 heterocycles. The number of carbonyl (C=O) groups excluding carboxylic acids is 2. The number of aromatic amines is 1. The Hall–Kier alpha value is -4.60. The van der Waals surface area contributed by atoms with Crippen LogP contribution in [-0.4, -0.2) is 73.8 Å². The first-order valence-electron chi connectivity index (χ1n) is 18.5. The largest absolute Gasteiger partial charge is 0.444 e. The van der Waals surface area contributed by atoms with E-state index in [0.717, 1.165) is 90.0 Å². The van der Waals surface area contributed by atoms with Crippen molar-refractivity contribution in [2.75, 3.05) is 25.0 Å². The topological polar surface area (TPSA) is 113 Å². The number of amides is 2. The average molecular weight is 695 g/mol. The third kappa shape index (κ3) is 8.00. The number of H-pyrrole nitrogens is 1. The summed E-state index contributed by atoms with van der Waals surface area (Å²) in [6.07, 6.45) is 7.78. The minimum absolute atomic E-state index is 0.0867. The van der Waals surface area contributed by atoms with E-state index in [9.17, 15) is 9.59 Å². The molecule has 0 aliphatic carbocycles. The van der Waals surface area contributed by atoms with Crippen LogP contribution >= 0.6 is 0 Å². The van der Waals surface area contributed by atoms with Gasteiger partial charge in [0.2, 0.25) is 0 Å². The van der Waals surface area contributed by atoms with Crippen molar-refractivity contribution < 1.29 is 19.1 Å². The maximum Gasteiger partial charge on any atom is 0.411 e. The van der Waals surface area contributed by atoms with E-state index < -0.39 is 16.7 Å². The van der Waals surface area contributed by atoms with Crippen LogP contribution in [0.25, 0.3) is 33.2 Å². The van der Waals surface area contributed by atoms with Gasteiger partial charge in [0.25, 0.3) is 0 Å². The van der Waals surface area contributed by atoms with Crippen LogP contribution in [0.2, 0.25) is 0 Å². The molecular formula is C41H54N6O4. The van der Waals surface area contributed by atoms with Gasteiger partial charge in [-0.2, -0.15) is 0 Å². The zero-order chi connectivity index (χ0) is 36.6. The molecule has 51 heavy (non-hydrogen) atoms. The van der Waals surface area contributed by atoms with Gasteiger partial charge in [0.1, 0.15) is 28.4 Å². The molecule has 272 valence electrons. The van der Waals surface area contributed by atoms with Crippen molar-refractivity contribution in [3.8, 4) is 22.4 Å². The SMILES string of the molecule is CCC1(c2ncc(-c3ccc4cc(-c5ccc(NCC6CCCN(C(=O)OC(C)(C)C)C6C)nc5)ccc4c3)[nH]2)CCCN1C(=O)OC(C)(C)C. The second kappa shape index (κ2) is 14.2. The Morgan fingerprint density at radius 1 is 0.863 bits per heavy atom. The highest BCUT2D eigenvalue weighted by Crippen LogP contribution is 2.42. The fraction of sp³-hybridized carbons (Fsp3) is 0.512. The van der Waals surface area contributed by atoms with E-state index in [2.05, 4.69) is 66.6 Å². The molecule has 0 spiro atoms. The van der Waals surface area contributed by atoms with Crippen LogP contribution in [0.15, 0.2) is 60.9 Å². The summed E-state index contributed by atoms with van der Waals surface area (Å²) in [6, 6.07) is 17.1. The summed E-state index contributed by atoms with van der Waals surface area (Å²) in [4.78, 5) is 42.8. The molecular weight excluding hydrogens is 640 g/mol. The molecule has 0 bridgehead atoms. The predicted octanol–water partition coefficient (Wildman–Crippen LogP) is 9.38. The third-order valence-corrected chi connectivity index (χ3v) is 10.3. The van der Waals surface area contributed by atoms with Crippen LogP contribution < -0.4 is 5.32 Å². The quantitative estimate of drug-likeness (QED) is 0.198. The van der Waals surface area contributed by atoms with Gasteiger partial charge in [0.05, 0.1) is 11.9 Å². The van der Waals surface area contributed by atoms with E-state index in [1.165, 1.54) is 0 Å². The molecule has 2 fully saturated rings. The van der Waals surface area contributed by atoms with Crippen LogP contribution in [0.3, 0.4) is 0 Å². The monoisotopic (exact) mass is 694 g/mol. The standard InChI is InChI=1S/C41H54N6O4/c1-9-41(19-11-21-47(41)38(49)51-40(6,7)8)36-44-26-34(45-36)31-16-15-28-22-30(14-13-29(28)23-31)33-17-18-35(43-25-33)42-24-32-12-10-20-46(27(32)2)37(48)50-39(3,4)5/h13-18,22-23,25-27,32H,9-12,19-21,24H2,1-8H3,(H,42,43)(H,44,45). The number of carbonyl (C=O) groups is 2. The second-order valence-corrected chi connectivity index (χ2v) is 16.2. The predicted molar refractivity (Wildman–Crippen MR) is 203 cm³/mol. The molecule has 2 aliphatic rings. The molecule has 2 N–H and O–H groups in total. The lowest BCUT2D eigenvalue weighted by atomic mass is 9.90. The third-order valence-electron chi connectivity index (χ3n) is 10.3. The van der Waals surface area contributed by atoms with Gasteiger partial charge in [-0.05, 0) is 127 Å². The molecule has 3 unspecified atom stereocenters. The van der Waals surface area contributed by atoms with Crippen LogP contribution in [0.1, 0.15) is 93.3 Å². The molecule has 6 rings (SSSR count). The molecule has 10 heteroatoms. The molecule has 2 aliphatic heterocycles. The summed E-state index contributed by atoms with van der Waals surface area (Å²) in [5.41, 5.74) is 2.54. The number of anilines is 1. The van der Waals surface area contributed by atoms with Gasteiger partial charge >= 0.3 is 12.2 Å². The first-order valence-corrected chi connectivity index (χ1v) is 18.5. The number of hydrogen-bond acceptors (Lipinski definition) is 7. The Morgan fingerprint density at radius 3 is 2.20 bits per heavy atom. The Bertz CT molecular complexity index is 1860. The number of rotatable bonds is 7. The molecule has 3 atom stereocenters. The highest BCUT2D eigenvalue weighted by Gasteiger charge is 2.47. The van der Waals surface area contributed by atoms with Gasteiger partial charge in [0.15, 0.2) is 0 Å². The highest BCUT2D eigenvalue weighted by molar-refractivity contribution is 5.90. The van der Waals surface area contributed by atoms with Gasteiger partial charge in [-0.15, -0.1) is 0 Å². The molecule has 10 nitrogen and oxygen atoms in total. The molecule has 2 amide bonds. The fourth-order valence-corrected chi connectivity index (χ4v) is 7.52. The number of benzene rings is 2. The zero-order valence-electron chi connectivity index (χ0n) is 31.5. The van der Waals surface area contributed by atoms with Crippen LogP contribution in [-0.2, 0) is 15.0 Å². The van der Waals surface area contributed by atoms with E-state index in [-0.39, 0.29) is 18.2 Å². The number of likely N-dealkylation sites (tertiary alicyclic amines) is 2. The molecule has 2 saturated heterocycles. The van der Waals surface area contributed by atoms with Crippen molar-refractivity contribution in [3.63, 3.8) is 0 Å². The molecule has 2 aromatic carbocycles. The van der Waals surface area contributed by atoms with Crippen molar-refractivity contribution in [2.24, 2.45) is 5.92 Å². The van der Waals surface area contributed by atoms with Gasteiger partial charge in [-0.1, -0.05) is 31.2 Å². The van der Waals surface area contributed by atoms with Gasteiger partial charge < -0.3 is 24.7 Å². The summed E-state index contributed by atoms with van der Waals surface area (Å²) in [6.45, 7) is 17.8. The number of hydrogen-bond donors (Lipinski definition) is 2. The van der Waals surface area contributed by atoms with Crippen molar-refractivity contribution in [2.45, 2.75) is 110 Å². The van der Waals surface area contributed by atoms with Gasteiger partial charge in [-0.25, -0.2) is 19.6 Å². The van der Waals surface area contributed by atoms with Crippen LogP contribution in [0.5, 0.6) is 0 Å². The molecule has 4 aromatic rings. The lowest BCUT2D eigenvalue weighted by Crippen LogP contribution is -2.50. The smallest absolute Gasteiger partial charge is 0.411 e. The van der Waals surface area contributed by atoms with Crippen molar-refractivity contribution in [1.29, 1.82) is 0 Å². The van der Waals surface area contributed by atoms with E-state index in [0.29, 0.717) is 12.5 Å². The Balaban J connectivity index is 1.11. The van der Waals surface area contributed by atoms with E-state index in [1.807, 2.05) is 69.8 Å². The lowest BCUT2D eigenvalue weighted by Gasteiger charge is -2.40. The van der Waals surface area contributed by atoms with Crippen molar-refractivity contribution >= 4 is 28.8 Å². The van der Waals surface area contributed by atoms with Crippen molar-refractivity contribution in [1.82, 2.24) is 24.8 Å². The average Bonchev–Trinajstić information content (AvgIpc) is 3.75. The summed E-state index contributed by atoms with van der Waals surface area (Å²) in [5, 5.41) is 5.76. The minimum Gasteiger partial charge on any atom is -0.444 e. The van der Waals surface area contributed by atoms with Crippen LogP contribution in [0.4, 0.5) is 15.4 Å². The number of nitrogens with zero attached hydrogens (tertiary/aromatic N) is 4. The first kappa shape index (κ1) is 36.2. The zero-order valence-corrected chi connectivity index (χ0v) is 31.5. The van der Waals surface area contributed by atoms with Gasteiger partial charge in [0, 0.05) is 43.0 Å². The minimum atomic E-state index is -0.557. The number of imidazole rings is 1. The number of ether oxygens (including phenoxy) is 2. The number of aromatic nitrogens is 3. The summed E-state index contributed by atoms with van der Waals surface area (Å²) in [5.74, 6) is 1.94. The second-order valence-electron chi connectivity index (χ2n) is 16.2. The lowest BCUT2D eigenvalue weighted by molar-refractivity contribution is 0.00334. The maximum absolute atomic E-state index is 13.2. The van der Waals surface area contributed by atoms with E-state index >= 15 is 0 Å². The number of nitrogens with one attached hydrogen (secondary N) is 2. The van der Waals surface area contributed by atoms with Crippen LogP contribution in [0, 0.1) is 5.92 Å².